The highest BCUT2D eigenvalue weighted by atomic mass is 32.2. The Labute approximate surface area is 123 Å². The van der Waals surface area contributed by atoms with Gasteiger partial charge in [0.1, 0.15) is 10.6 Å². The van der Waals surface area contributed by atoms with Gasteiger partial charge in [-0.3, -0.25) is 10.3 Å². The van der Waals surface area contributed by atoms with E-state index in [0.29, 0.717) is 23.1 Å². The maximum atomic E-state index is 11.6. The Morgan fingerprint density at radius 1 is 1.50 bits per heavy atom. The molecule has 0 spiro atoms. The zero-order chi connectivity index (χ0) is 15.3. The monoisotopic (exact) mass is 300 g/mol. The molecule has 1 aliphatic heterocycles. The lowest BCUT2D eigenvalue weighted by Gasteiger charge is -2.20. The third-order valence-corrected chi connectivity index (χ3v) is 3.23. The third kappa shape index (κ3) is 5.24. The molecule has 1 N–H and O–H groups in total. The van der Waals surface area contributed by atoms with Crippen LogP contribution < -0.4 is 5.32 Å². The van der Waals surface area contributed by atoms with E-state index in [4.69, 9.17) is 9.47 Å². The standard InChI is InChI=1S/C13H20N2O4S/c1-6-18-11(16)9-7-20-10(15-9)8(2)14-12(17)19-13(3,4)5/h9H,2,6-7H2,1,3-5H3,(H,14,17)/t9-/m0/s1. The molecule has 6 nitrogen and oxygen atoms in total. The first-order valence-electron chi connectivity index (χ1n) is 6.29. The van der Waals surface area contributed by atoms with Crippen molar-refractivity contribution in [3.8, 4) is 0 Å². The molecule has 1 amide bonds. The van der Waals surface area contributed by atoms with Crippen LogP contribution in [0.1, 0.15) is 27.7 Å². The van der Waals surface area contributed by atoms with Crippen LogP contribution in [-0.2, 0) is 14.3 Å². The van der Waals surface area contributed by atoms with Gasteiger partial charge in [-0.1, -0.05) is 6.58 Å². The molecule has 20 heavy (non-hydrogen) atoms. The minimum absolute atomic E-state index is 0.321. The van der Waals surface area contributed by atoms with Gasteiger partial charge in [0.15, 0.2) is 6.04 Å². The number of nitrogens with zero attached hydrogens (tertiary/aromatic N) is 1. The van der Waals surface area contributed by atoms with Crippen molar-refractivity contribution in [1.29, 1.82) is 0 Å². The van der Waals surface area contributed by atoms with E-state index in [9.17, 15) is 9.59 Å². The Morgan fingerprint density at radius 2 is 2.15 bits per heavy atom. The number of carbonyl (C=O) groups excluding carboxylic acids is 2. The van der Waals surface area contributed by atoms with Gasteiger partial charge in [-0.15, -0.1) is 11.8 Å². The summed E-state index contributed by atoms with van der Waals surface area (Å²) in [4.78, 5) is 27.3. The van der Waals surface area contributed by atoms with Crippen LogP contribution in [0.25, 0.3) is 0 Å². The highest BCUT2D eigenvalue weighted by Crippen LogP contribution is 2.22. The second-order valence-electron chi connectivity index (χ2n) is 5.12. The summed E-state index contributed by atoms with van der Waals surface area (Å²) in [6.45, 7) is 11.1. The molecule has 0 aliphatic carbocycles. The number of aliphatic imine (C=N–C) groups is 1. The number of carbonyl (C=O) groups is 2. The van der Waals surface area contributed by atoms with Crippen LogP contribution in [0, 0.1) is 0 Å². The van der Waals surface area contributed by atoms with Gasteiger partial charge in [-0.2, -0.15) is 0 Å². The molecule has 1 heterocycles. The fourth-order valence-electron chi connectivity index (χ4n) is 1.38. The van der Waals surface area contributed by atoms with Crippen molar-refractivity contribution in [2.75, 3.05) is 12.4 Å². The maximum absolute atomic E-state index is 11.6. The van der Waals surface area contributed by atoms with E-state index in [-0.39, 0.29) is 5.97 Å². The fourth-order valence-corrected chi connectivity index (χ4v) is 2.33. The molecule has 0 saturated heterocycles. The molecule has 1 aliphatic rings. The molecule has 112 valence electrons. The molecule has 0 aromatic rings. The Bertz CT molecular complexity index is 440. The summed E-state index contributed by atoms with van der Waals surface area (Å²) >= 11 is 1.35. The largest absolute Gasteiger partial charge is 0.464 e. The molecule has 0 radical (unpaired) electrons. The van der Waals surface area contributed by atoms with Crippen LogP contribution in [0.15, 0.2) is 17.3 Å². The van der Waals surface area contributed by atoms with Crippen molar-refractivity contribution in [1.82, 2.24) is 5.32 Å². The summed E-state index contributed by atoms with van der Waals surface area (Å²) in [7, 11) is 0. The Morgan fingerprint density at radius 3 is 2.70 bits per heavy atom. The molecule has 1 rings (SSSR count). The van der Waals surface area contributed by atoms with Crippen molar-refractivity contribution in [3.05, 3.63) is 12.3 Å². The number of hydrogen-bond donors (Lipinski definition) is 1. The number of esters is 1. The SMILES string of the molecule is C=C(NC(=O)OC(C)(C)C)C1=N[C@H](C(=O)OCC)CS1. The minimum atomic E-state index is -0.592. The molecule has 0 unspecified atom stereocenters. The summed E-state index contributed by atoms with van der Waals surface area (Å²) < 4.78 is 10.0. The smallest absolute Gasteiger partial charge is 0.412 e. The minimum Gasteiger partial charge on any atom is -0.464 e. The number of nitrogens with one attached hydrogen (secondary N) is 1. The van der Waals surface area contributed by atoms with Gasteiger partial charge in [0.25, 0.3) is 0 Å². The number of amides is 1. The van der Waals surface area contributed by atoms with Crippen LogP contribution in [0.2, 0.25) is 0 Å². The van der Waals surface area contributed by atoms with Gasteiger partial charge in [0.05, 0.1) is 12.3 Å². The Balaban J connectivity index is 2.55. The summed E-state index contributed by atoms with van der Waals surface area (Å²) in [6, 6.07) is -0.535. The van der Waals surface area contributed by atoms with Gasteiger partial charge >= 0.3 is 12.1 Å². The van der Waals surface area contributed by atoms with Crippen LogP contribution >= 0.6 is 11.8 Å². The van der Waals surface area contributed by atoms with E-state index in [1.54, 1.807) is 27.7 Å². The van der Waals surface area contributed by atoms with Crippen LogP contribution in [0.5, 0.6) is 0 Å². The van der Waals surface area contributed by atoms with Gasteiger partial charge in [0.2, 0.25) is 0 Å². The Hall–Kier alpha value is -1.50. The molecule has 0 saturated carbocycles. The first kappa shape index (κ1) is 16.6. The summed E-state index contributed by atoms with van der Waals surface area (Å²) in [6.07, 6.45) is -0.592. The van der Waals surface area contributed by atoms with Gasteiger partial charge in [0, 0.05) is 5.75 Å². The van der Waals surface area contributed by atoms with E-state index >= 15 is 0 Å². The van der Waals surface area contributed by atoms with Crippen molar-refractivity contribution < 1.29 is 19.1 Å². The first-order valence-corrected chi connectivity index (χ1v) is 7.28. The van der Waals surface area contributed by atoms with Crippen LogP contribution in [0.4, 0.5) is 4.79 Å². The zero-order valence-corrected chi connectivity index (χ0v) is 13.0. The molecule has 0 fully saturated rings. The van der Waals surface area contributed by atoms with Crippen molar-refractivity contribution in [2.24, 2.45) is 4.99 Å². The lowest BCUT2D eigenvalue weighted by molar-refractivity contribution is -0.143. The van der Waals surface area contributed by atoms with Crippen LogP contribution in [0.3, 0.4) is 0 Å². The average Bonchev–Trinajstić information content (AvgIpc) is 2.75. The Kier molecular flexibility index (Phi) is 5.62. The highest BCUT2D eigenvalue weighted by Gasteiger charge is 2.28. The molecule has 1 atom stereocenters. The number of thioether (sulfide) groups is 1. The zero-order valence-electron chi connectivity index (χ0n) is 12.2. The topological polar surface area (TPSA) is 77.0 Å². The first-order chi connectivity index (χ1) is 9.23. The van der Waals surface area contributed by atoms with Crippen molar-refractivity contribution in [2.45, 2.75) is 39.3 Å². The quantitative estimate of drug-likeness (QED) is 0.805. The maximum Gasteiger partial charge on any atom is 0.412 e. The number of hydrogen-bond acceptors (Lipinski definition) is 6. The van der Waals surface area contributed by atoms with Gasteiger partial charge in [-0.05, 0) is 27.7 Å². The van der Waals surface area contributed by atoms with E-state index in [1.165, 1.54) is 11.8 Å². The van der Waals surface area contributed by atoms with Crippen LogP contribution in [-0.4, -0.2) is 41.1 Å². The summed E-state index contributed by atoms with van der Waals surface area (Å²) in [5, 5.41) is 3.03. The number of alkyl carbamates (subject to hydrolysis) is 1. The molecule has 0 aromatic carbocycles. The van der Waals surface area contributed by atoms with Gasteiger partial charge < -0.3 is 9.47 Å². The van der Waals surface area contributed by atoms with E-state index < -0.39 is 17.7 Å². The van der Waals surface area contributed by atoms with E-state index in [0.717, 1.165) is 0 Å². The van der Waals surface area contributed by atoms with E-state index in [1.807, 2.05) is 0 Å². The fraction of sp³-hybridized carbons (Fsp3) is 0.615. The molecular weight excluding hydrogens is 280 g/mol. The van der Waals surface area contributed by atoms with Crippen molar-refractivity contribution >= 4 is 28.9 Å². The lowest BCUT2D eigenvalue weighted by Crippen LogP contribution is -2.33. The molecule has 7 heteroatoms. The normalized spacial score (nSPS) is 18.2. The van der Waals surface area contributed by atoms with Gasteiger partial charge in [-0.25, -0.2) is 9.59 Å². The number of ether oxygens (including phenoxy) is 2. The lowest BCUT2D eigenvalue weighted by atomic mass is 10.2. The van der Waals surface area contributed by atoms with Crippen molar-refractivity contribution in [3.63, 3.8) is 0 Å². The highest BCUT2D eigenvalue weighted by molar-refractivity contribution is 8.14. The molecular formula is C13H20N2O4S. The third-order valence-electron chi connectivity index (χ3n) is 2.12. The molecule has 0 aromatic heterocycles. The predicted molar refractivity (Wildman–Crippen MR) is 78.8 cm³/mol. The predicted octanol–water partition coefficient (Wildman–Crippen LogP) is 2.10. The summed E-state index contributed by atoms with van der Waals surface area (Å²) in [5.41, 5.74) is -0.251. The van der Waals surface area contributed by atoms with E-state index in [2.05, 4.69) is 16.9 Å². The average molecular weight is 300 g/mol. The molecule has 0 bridgehead atoms. The second-order valence-corrected chi connectivity index (χ2v) is 6.13. The number of rotatable bonds is 4. The summed E-state index contributed by atoms with van der Waals surface area (Å²) in [5.74, 6) is 0.128. The second kappa shape index (κ2) is 6.78.